The molecule has 1 N–H and O–H groups in total. The van der Waals surface area contributed by atoms with E-state index < -0.39 is 6.10 Å². The highest BCUT2D eigenvalue weighted by atomic mass is 19.1. The highest BCUT2D eigenvalue weighted by Crippen LogP contribution is 2.52. The molecular formula is C36H39FN4O5. The number of halogens is 1. The third-order valence-corrected chi connectivity index (χ3v) is 9.18. The summed E-state index contributed by atoms with van der Waals surface area (Å²) in [5.41, 5.74) is 4.47. The van der Waals surface area contributed by atoms with Crippen LogP contribution in [0.4, 0.5) is 4.39 Å². The lowest BCUT2D eigenvalue weighted by Crippen LogP contribution is -2.19. The van der Waals surface area contributed by atoms with Crippen LogP contribution >= 0.6 is 0 Å². The predicted octanol–water partition coefficient (Wildman–Crippen LogP) is 7.52. The molecule has 5 aromatic rings. The maximum absolute atomic E-state index is 16.1. The molecule has 3 atom stereocenters. The van der Waals surface area contributed by atoms with Gasteiger partial charge in [0.2, 0.25) is 0 Å². The summed E-state index contributed by atoms with van der Waals surface area (Å²) in [4.78, 5) is 21.2. The fourth-order valence-electron chi connectivity index (χ4n) is 6.36. The second-order valence-corrected chi connectivity index (χ2v) is 12.4. The van der Waals surface area contributed by atoms with E-state index >= 15 is 4.39 Å². The van der Waals surface area contributed by atoms with E-state index in [9.17, 15) is 4.79 Å². The van der Waals surface area contributed by atoms with Crippen LogP contribution in [0.5, 0.6) is 11.8 Å². The summed E-state index contributed by atoms with van der Waals surface area (Å²) in [5, 5.41) is 5.92. The maximum Gasteiger partial charge on any atom is 0.297 e. The fraction of sp³-hybridized carbons (Fsp3) is 0.417. The van der Waals surface area contributed by atoms with Crippen LogP contribution in [0.15, 0.2) is 53.5 Å². The Morgan fingerprint density at radius 3 is 2.61 bits per heavy atom. The second-order valence-electron chi connectivity index (χ2n) is 12.4. The first-order valence-electron chi connectivity index (χ1n) is 16.1. The molecule has 240 valence electrons. The molecule has 46 heavy (non-hydrogen) atoms. The number of fused-ring (bicyclic) bond motifs is 2. The molecule has 3 heterocycles. The molecule has 2 aliphatic rings. The van der Waals surface area contributed by atoms with Gasteiger partial charge in [0, 0.05) is 36.3 Å². The first-order chi connectivity index (χ1) is 22.3. The zero-order valence-electron chi connectivity index (χ0n) is 26.6. The standard InChI is InChI=1S/C36H39FN4O5/c1-20(43-4)19-45-36-39-33-26(35(42)40-36)16-25(24-13-14-24)32(34(33)46-22(3)23-10-6-5-7-11-23)31-21(2)28(37)17-29-27(31)18-38-41(29)30-12-8-9-15-44-30/h5-7,10-11,16-18,20,22,24,30H,8-9,12-15,19H2,1-4H3,(H,39,40,42)/t20-,22-,30?/m0/s1. The summed E-state index contributed by atoms with van der Waals surface area (Å²) >= 11 is 0. The van der Waals surface area contributed by atoms with Gasteiger partial charge in [-0.1, -0.05) is 30.3 Å². The van der Waals surface area contributed by atoms with Gasteiger partial charge in [-0.15, -0.1) is 0 Å². The lowest BCUT2D eigenvalue weighted by molar-refractivity contribution is -0.0366. The molecule has 1 saturated heterocycles. The Kier molecular flexibility index (Phi) is 8.25. The fourth-order valence-corrected chi connectivity index (χ4v) is 6.36. The predicted molar refractivity (Wildman–Crippen MR) is 174 cm³/mol. The second kappa shape index (κ2) is 12.5. The van der Waals surface area contributed by atoms with Crippen LogP contribution in [0, 0.1) is 12.7 Å². The van der Waals surface area contributed by atoms with Crippen molar-refractivity contribution in [2.24, 2.45) is 0 Å². The van der Waals surface area contributed by atoms with Crippen LogP contribution in [-0.2, 0) is 9.47 Å². The van der Waals surface area contributed by atoms with Crippen LogP contribution in [0.1, 0.15) is 80.9 Å². The first-order valence-corrected chi connectivity index (χ1v) is 16.1. The van der Waals surface area contributed by atoms with Gasteiger partial charge < -0.3 is 18.9 Å². The molecular weight excluding hydrogens is 587 g/mol. The number of nitrogens with zero attached hydrogens (tertiary/aromatic N) is 3. The summed E-state index contributed by atoms with van der Waals surface area (Å²) in [6.45, 7) is 6.46. The highest BCUT2D eigenvalue weighted by molar-refractivity contribution is 6.04. The smallest absolute Gasteiger partial charge is 0.297 e. The van der Waals surface area contributed by atoms with E-state index in [1.54, 1.807) is 31.0 Å². The number of aromatic nitrogens is 4. The van der Waals surface area contributed by atoms with Gasteiger partial charge in [0.1, 0.15) is 24.0 Å². The number of hydrogen-bond acceptors (Lipinski definition) is 7. The van der Waals surface area contributed by atoms with Crippen molar-refractivity contribution in [2.75, 3.05) is 20.3 Å². The van der Waals surface area contributed by atoms with Crippen molar-refractivity contribution >= 4 is 21.8 Å². The van der Waals surface area contributed by atoms with Gasteiger partial charge in [-0.25, -0.2) is 9.07 Å². The topological polar surface area (TPSA) is 100 Å². The summed E-state index contributed by atoms with van der Waals surface area (Å²) in [6, 6.07) is 13.4. The van der Waals surface area contributed by atoms with Crippen LogP contribution < -0.4 is 15.0 Å². The number of ether oxygens (including phenoxy) is 4. The molecule has 3 aromatic carbocycles. The van der Waals surface area contributed by atoms with E-state index in [1.807, 2.05) is 50.2 Å². The van der Waals surface area contributed by atoms with Crippen molar-refractivity contribution in [3.8, 4) is 22.9 Å². The monoisotopic (exact) mass is 626 g/mol. The maximum atomic E-state index is 16.1. The highest BCUT2D eigenvalue weighted by Gasteiger charge is 2.34. The zero-order chi connectivity index (χ0) is 31.9. The molecule has 7 rings (SSSR count). The van der Waals surface area contributed by atoms with Crippen LogP contribution in [0.3, 0.4) is 0 Å². The minimum atomic E-state index is -0.403. The SMILES string of the molecule is CO[C@@H](C)COc1nc2c(O[C@@H](C)c3ccccc3)c(-c3c(C)c(F)cc4c3cnn4C3CCCCO3)c(C3CC3)cc2c(=O)[nH]1. The average Bonchev–Trinajstić information content (AvgIpc) is 3.84. The number of benzene rings is 3. The molecule has 2 aromatic heterocycles. The van der Waals surface area contributed by atoms with Crippen LogP contribution in [0.2, 0.25) is 0 Å². The largest absolute Gasteiger partial charge is 0.483 e. The average molecular weight is 627 g/mol. The van der Waals surface area contributed by atoms with Gasteiger partial charge in [0.15, 0.2) is 12.0 Å². The van der Waals surface area contributed by atoms with Crippen LogP contribution in [-0.4, -0.2) is 46.2 Å². The van der Waals surface area contributed by atoms with Gasteiger partial charge >= 0.3 is 0 Å². The van der Waals surface area contributed by atoms with Crippen molar-refractivity contribution in [1.29, 1.82) is 0 Å². The third-order valence-electron chi connectivity index (χ3n) is 9.18. The number of rotatable bonds is 10. The van der Waals surface area contributed by atoms with Gasteiger partial charge in [-0.05, 0) is 81.5 Å². The van der Waals surface area contributed by atoms with Crippen molar-refractivity contribution in [3.05, 3.63) is 81.5 Å². The van der Waals surface area contributed by atoms with Crippen molar-refractivity contribution in [3.63, 3.8) is 0 Å². The Morgan fingerprint density at radius 2 is 1.89 bits per heavy atom. The Balaban J connectivity index is 1.51. The minimum Gasteiger partial charge on any atom is -0.483 e. The molecule has 2 fully saturated rings. The van der Waals surface area contributed by atoms with Crippen LogP contribution in [0.25, 0.3) is 32.9 Å². The van der Waals surface area contributed by atoms with Crippen molar-refractivity contribution in [1.82, 2.24) is 19.7 Å². The Hall–Kier alpha value is -4.28. The number of hydrogen-bond donors (Lipinski definition) is 1. The van der Waals surface area contributed by atoms with E-state index in [4.69, 9.17) is 29.0 Å². The molecule has 10 heteroatoms. The van der Waals surface area contributed by atoms with E-state index in [0.29, 0.717) is 39.9 Å². The summed E-state index contributed by atoms with van der Waals surface area (Å²) in [6.07, 6.45) is 5.67. The molecule has 0 bridgehead atoms. The van der Waals surface area contributed by atoms with E-state index in [0.717, 1.165) is 54.2 Å². The van der Waals surface area contributed by atoms with E-state index in [2.05, 4.69) is 4.98 Å². The summed E-state index contributed by atoms with van der Waals surface area (Å²) in [7, 11) is 1.60. The number of H-pyrrole nitrogens is 1. The Morgan fingerprint density at radius 1 is 1.09 bits per heavy atom. The van der Waals surface area contributed by atoms with Gasteiger partial charge in [0.05, 0.1) is 23.2 Å². The van der Waals surface area contributed by atoms with E-state index in [1.165, 1.54) is 0 Å². The lowest BCUT2D eigenvalue weighted by atomic mass is 9.88. The van der Waals surface area contributed by atoms with Crippen molar-refractivity contribution < 1.29 is 23.3 Å². The molecule has 1 unspecified atom stereocenters. The number of methoxy groups -OCH3 is 1. The van der Waals surface area contributed by atoms with Gasteiger partial charge in [-0.3, -0.25) is 9.78 Å². The third kappa shape index (κ3) is 5.64. The molecule has 0 radical (unpaired) electrons. The number of nitrogens with one attached hydrogen (secondary N) is 1. The first kappa shape index (κ1) is 30.4. The molecule has 1 saturated carbocycles. The van der Waals surface area contributed by atoms with Gasteiger partial charge in [0.25, 0.3) is 11.6 Å². The molecule has 0 spiro atoms. The molecule has 1 aliphatic heterocycles. The summed E-state index contributed by atoms with van der Waals surface area (Å²) in [5.74, 6) is 0.268. The van der Waals surface area contributed by atoms with E-state index in [-0.39, 0.29) is 42.2 Å². The quantitative estimate of drug-likeness (QED) is 0.171. The normalized spacial score (nSPS) is 18.2. The Bertz CT molecular complexity index is 1950. The zero-order valence-corrected chi connectivity index (χ0v) is 26.6. The van der Waals surface area contributed by atoms with Gasteiger partial charge in [-0.2, -0.15) is 10.1 Å². The Labute approximate surface area is 266 Å². The molecule has 9 nitrogen and oxygen atoms in total. The lowest BCUT2D eigenvalue weighted by Gasteiger charge is -2.25. The molecule has 1 aliphatic carbocycles. The number of aromatic amines is 1. The summed E-state index contributed by atoms with van der Waals surface area (Å²) < 4.78 is 42.0. The minimum absolute atomic E-state index is 0.0621. The van der Waals surface area contributed by atoms with Crippen molar-refractivity contribution in [2.45, 2.75) is 77.2 Å². The molecule has 0 amide bonds.